The molecule has 3 aromatic rings. The number of aromatic amines is 1. The Morgan fingerprint density at radius 2 is 1.80 bits per heavy atom. The summed E-state index contributed by atoms with van der Waals surface area (Å²) in [5.74, 6) is 0. The molecule has 15 heavy (non-hydrogen) atoms. The van der Waals surface area contributed by atoms with E-state index in [0.29, 0.717) is 0 Å². The SMILES string of the molecule is c1ccc(-c2n[nH]c3ncccc23)cc1. The summed E-state index contributed by atoms with van der Waals surface area (Å²) in [7, 11) is 0. The van der Waals surface area contributed by atoms with Crippen LogP contribution in [0.5, 0.6) is 0 Å². The molecule has 72 valence electrons. The third-order valence-corrected chi connectivity index (χ3v) is 2.38. The van der Waals surface area contributed by atoms with Gasteiger partial charge in [-0.2, -0.15) is 5.10 Å². The van der Waals surface area contributed by atoms with Gasteiger partial charge in [0.05, 0.1) is 0 Å². The average Bonchev–Trinajstić information content (AvgIpc) is 2.74. The molecule has 0 saturated heterocycles. The standard InChI is InChI=1S/C12H9N3/c1-2-5-9(6-3-1)11-10-7-4-8-13-12(10)15-14-11/h1-8H,(H,13,14,15). The number of nitrogens with zero attached hydrogens (tertiary/aromatic N) is 2. The Kier molecular flexibility index (Phi) is 1.75. The number of fused-ring (bicyclic) bond motifs is 1. The molecule has 2 heterocycles. The topological polar surface area (TPSA) is 41.6 Å². The van der Waals surface area contributed by atoms with Gasteiger partial charge < -0.3 is 0 Å². The molecular weight excluding hydrogens is 186 g/mol. The highest BCUT2D eigenvalue weighted by Gasteiger charge is 2.06. The van der Waals surface area contributed by atoms with Crippen LogP contribution in [0, 0.1) is 0 Å². The van der Waals surface area contributed by atoms with E-state index in [9.17, 15) is 0 Å². The lowest BCUT2D eigenvalue weighted by Gasteiger charge is -1.95. The molecule has 0 aliphatic carbocycles. The fraction of sp³-hybridized carbons (Fsp3) is 0. The van der Waals surface area contributed by atoms with E-state index in [1.165, 1.54) is 0 Å². The minimum absolute atomic E-state index is 0.830. The summed E-state index contributed by atoms with van der Waals surface area (Å²) in [5, 5.41) is 8.26. The van der Waals surface area contributed by atoms with Gasteiger partial charge in [0.15, 0.2) is 5.65 Å². The van der Waals surface area contributed by atoms with Crippen molar-refractivity contribution in [2.24, 2.45) is 0 Å². The number of pyridine rings is 1. The fourth-order valence-corrected chi connectivity index (χ4v) is 1.67. The van der Waals surface area contributed by atoms with Crippen LogP contribution in [-0.4, -0.2) is 15.2 Å². The van der Waals surface area contributed by atoms with Crippen molar-refractivity contribution in [1.82, 2.24) is 15.2 Å². The van der Waals surface area contributed by atoms with E-state index in [0.717, 1.165) is 22.3 Å². The molecule has 0 aliphatic rings. The predicted molar refractivity (Wildman–Crippen MR) is 59.3 cm³/mol. The largest absolute Gasteiger partial charge is 0.260 e. The molecule has 0 radical (unpaired) electrons. The fourth-order valence-electron chi connectivity index (χ4n) is 1.67. The number of nitrogens with one attached hydrogen (secondary N) is 1. The van der Waals surface area contributed by atoms with Gasteiger partial charge in [0, 0.05) is 17.1 Å². The van der Waals surface area contributed by atoms with Crippen molar-refractivity contribution in [3.63, 3.8) is 0 Å². The molecule has 3 nitrogen and oxygen atoms in total. The lowest BCUT2D eigenvalue weighted by atomic mass is 10.1. The minimum Gasteiger partial charge on any atom is -0.260 e. The van der Waals surface area contributed by atoms with Crippen LogP contribution in [0.15, 0.2) is 48.7 Å². The minimum atomic E-state index is 0.830. The molecule has 0 bridgehead atoms. The molecule has 0 aliphatic heterocycles. The second kappa shape index (κ2) is 3.20. The first kappa shape index (κ1) is 8.17. The zero-order valence-electron chi connectivity index (χ0n) is 8.01. The summed E-state index contributed by atoms with van der Waals surface area (Å²) in [5.41, 5.74) is 2.90. The van der Waals surface area contributed by atoms with Crippen LogP contribution < -0.4 is 0 Å². The van der Waals surface area contributed by atoms with E-state index < -0.39 is 0 Å². The monoisotopic (exact) mass is 195 g/mol. The van der Waals surface area contributed by atoms with E-state index >= 15 is 0 Å². The molecule has 3 rings (SSSR count). The molecular formula is C12H9N3. The van der Waals surface area contributed by atoms with Crippen molar-refractivity contribution in [2.45, 2.75) is 0 Å². The van der Waals surface area contributed by atoms with Crippen LogP contribution in [0.25, 0.3) is 22.3 Å². The molecule has 0 spiro atoms. The van der Waals surface area contributed by atoms with Gasteiger partial charge >= 0.3 is 0 Å². The summed E-state index contributed by atoms with van der Waals surface area (Å²) in [6, 6.07) is 14.0. The maximum atomic E-state index is 4.28. The van der Waals surface area contributed by atoms with Gasteiger partial charge in [-0.15, -0.1) is 0 Å². The van der Waals surface area contributed by atoms with Crippen LogP contribution in [0.1, 0.15) is 0 Å². The van der Waals surface area contributed by atoms with Gasteiger partial charge in [-0.05, 0) is 12.1 Å². The molecule has 0 saturated carbocycles. The zero-order chi connectivity index (χ0) is 10.1. The van der Waals surface area contributed by atoms with Crippen molar-refractivity contribution >= 4 is 11.0 Å². The van der Waals surface area contributed by atoms with E-state index in [1.54, 1.807) is 6.20 Å². The van der Waals surface area contributed by atoms with Crippen LogP contribution in [0.3, 0.4) is 0 Å². The van der Waals surface area contributed by atoms with E-state index in [2.05, 4.69) is 15.2 Å². The van der Waals surface area contributed by atoms with Gasteiger partial charge in [-0.25, -0.2) is 4.98 Å². The number of hydrogen-bond donors (Lipinski definition) is 1. The van der Waals surface area contributed by atoms with Crippen LogP contribution in [0.2, 0.25) is 0 Å². The normalized spacial score (nSPS) is 10.7. The van der Waals surface area contributed by atoms with Gasteiger partial charge in [-0.3, -0.25) is 5.10 Å². The highest BCUT2D eigenvalue weighted by atomic mass is 15.1. The maximum Gasteiger partial charge on any atom is 0.155 e. The number of aromatic nitrogens is 3. The Hall–Kier alpha value is -2.16. The summed E-state index contributed by atoms with van der Waals surface area (Å²) >= 11 is 0. The molecule has 1 N–H and O–H groups in total. The second-order valence-electron chi connectivity index (χ2n) is 3.34. The third-order valence-electron chi connectivity index (χ3n) is 2.38. The first-order valence-corrected chi connectivity index (χ1v) is 4.80. The van der Waals surface area contributed by atoms with E-state index in [-0.39, 0.29) is 0 Å². The smallest absolute Gasteiger partial charge is 0.155 e. The first-order chi connectivity index (χ1) is 7.45. The second-order valence-corrected chi connectivity index (χ2v) is 3.34. The Morgan fingerprint density at radius 3 is 2.67 bits per heavy atom. The van der Waals surface area contributed by atoms with Crippen molar-refractivity contribution in [2.75, 3.05) is 0 Å². The molecule has 3 heteroatoms. The Balaban J connectivity index is 2.28. The van der Waals surface area contributed by atoms with E-state index in [4.69, 9.17) is 0 Å². The number of hydrogen-bond acceptors (Lipinski definition) is 2. The Morgan fingerprint density at radius 1 is 0.933 bits per heavy atom. The van der Waals surface area contributed by atoms with E-state index in [1.807, 2.05) is 42.5 Å². The first-order valence-electron chi connectivity index (χ1n) is 4.80. The molecule has 0 unspecified atom stereocenters. The molecule has 0 fully saturated rings. The van der Waals surface area contributed by atoms with Crippen molar-refractivity contribution in [3.05, 3.63) is 48.7 Å². The average molecular weight is 195 g/mol. The van der Waals surface area contributed by atoms with Gasteiger partial charge in [0.25, 0.3) is 0 Å². The molecule has 1 aromatic carbocycles. The molecule has 0 amide bonds. The summed E-state index contributed by atoms with van der Waals surface area (Å²) in [4.78, 5) is 4.21. The summed E-state index contributed by atoms with van der Waals surface area (Å²) < 4.78 is 0. The van der Waals surface area contributed by atoms with Gasteiger partial charge in [-0.1, -0.05) is 30.3 Å². The van der Waals surface area contributed by atoms with Crippen molar-refractivity contribution < 1.29 is 0 Å². The number of benzene rings is 1. The third kappa shape index (κ3) is 1.29. The quantitative estimate of drug-likeness (QED) is 0.648. The van der Waals surface area contributed by atoms with Crippen molar-refractivity contribution in [1.29, 1.82) is 0 Å². The number of rotatable bonds is 1. The summed E-state index contributed by atoms with van der Waals surface area (Å²) in [6.07, 6.45) is 1.76. The van der Waals surface area contributed by atoms with Gasteiger partial charge in [0.2, 0.25) is 0 Å². The van der Waals surface area contributed by atoms with Crippen molar-refractivity contribution in [3.8, 4) is 11.3 Å². The zero-order valence-corrected chi connectivity index (χ0v) is 8.01. The summed E-state index contributed by atoms with van der Waals surface area (Å²) in [6.45, 7) is 0. The van der Waals surface area contributed by atoms with Gasteiger partial charge in [0.1, 0.15) is 5.69 Å². The molecule has 2 aromatic heterocycles. The lowest BCUT2D eigenvalue weighted by molar-refractivity contribution is 1.10. The highest BCUT2D eigenvalue weighted by Crippen LogP contribution is 2.24. The Bertz CT molecular complexity index is 584. The molecule has 0 atom stereocenters. The highest BCUT2D eigenvalue weighted by molar-refractivity contribution is 5.90. The predicted octanol–water partition coefficient (Wildman–Crippen LogP) is 2.62. The van der Waals surface area contributed by atoms with Crippen LogP contribution >= 0.6 is 0 Å². The van der Waals surface area contributed by atoms with Crippen LogP contribution in [-0.2, 0) is 0 Å². The number of H-pyrrole nitrogens is 1. The maximum absolute atomic E-state index is 4.28. The Labute approximate surface area is 86.8 Å². The lowest BCUT2D eigenvalue weighted by Crippen LogP contribution is -1.77. The van der Waals surface area contributed by atoms with Crippen LogP contribution in [0.4, 0.5) is 0 Å².